The van der Waals surface area contributed by atoms with E-state index in [0.29, 0.717) is 6.42 Å². The van der Waals surface area contributed by atoms with Crippen LogP contribution in [0.15, 0.2) is 0 Å². The van der Waals surface area contributed by atoms with Gasteiger partial charge in [0.2, 0.25) is 0 Å². The van der Waals surface area contributed by atoms with Gasteiger partial charge in [0.25, 0.3) is 0 Å². The van der Waals surface area contributed by atoms with E-state index in [9.17, 15) is 9.32 Å². The lowest BCUT2D eigenvalue weighted by molar-refractivity contribution is -0.191. The summed E-state index contributed by atoms with van der Waals surface area (Å²) >= 11 is 0. The molecule has 1 atom stereocenters. The van der Waals surface area contributed by atoms with Gasteiger partial charge in [-0.05, 0) is 11.8 Å². The van der Waals surface area contributed by atoms with Gasteiger partial charge in [-0.2, -0.15) is 0 Å². The molecule has 0 saturated carbocycles. The van der Waals surface area contributed by atoms with E-state index in [0.717, 1.165) is 0 Å². The second-order valence-electron chi connectivity index (χ2n) is 4.04. The highest BCUT2D eigenvalue weighted by molar-refractivity contribution is 5.71. The lowest BCUT2D eigenvalue weighted by Crippen LogP contribution is -2.24. The van der Waals surface area contributed by atoms with Crippen molar-refractivity contribution in [3.63, 3.8) is 0 Å². The van der Waals surface area contributed by atoms with Crippen molar-refractivity contribution in [2.45, 2.75) is 27.2 Å². The van der Waals surface area contributed by atoms with Crippen LogP contribution in [0, 0.1) is 11.3 Å². The normalized spacial score (nSPS) is 14.1. The maximum absolute atomic E-state index is 11.4. The minimum Gasteiger partial charge on any atom is -0.395 e. The molecule has 0 rings (SSSR count). The highest BCUT2D eigenvalue weighted by Gasteiger charge is 2.26. The lowest BCUT2D eigenvalue weighted by Gasteiger charge is -2.21. The van der Waals surface area contributed by atoms with Crippen LogP contribution in [0.3, 0.4) is 0 Å². The van der Waals surface area contributed by atoms with Crippen LogP contribution in [0.5, 0.6) is 0 Å². The van der Waals surface area contributed by atoms with Gasteiger partial charge in [0.15, 0.2) is 0 Å². The van der Waals surface area contributed by atoms with E-state index in [1.54, 1.807) is 0 Å². The number of aliphatic hydroxyl groups excluding tert-OH is 1. The van der Waals surface area contributed by atoms with Gasteiger partial charge in [-0.25, -0.2) is 4.79 Å². The van der Waals surface area contributed by atoms with Crippen molar-refractivity contribution in [3.8, 4) is 0 Å². The third-order valence-electron chi connectivity index (χ3n) is 1.49. The Morgan fingerprint density at radius 2 is 2.08 bits per heavy atom. The van der Waals surface area contributed by atoms with Crippen LogP contribution in [-0.2, 0) is 9.74 Å². The highest BCUT2D eigenvalue weighted by Crippen LogP contribution is 2.24. The van der Waals surface area contributed by atoms with E-state index in [2.05, 4.69) is 4.94 Å². The largest absolute Gasteiger partial charge is 0.395 e. The van der Waals surface area contributed by atoms with E-state index in [4.69, 9.17) is 5.11 Å². The molecule has 0 spiro atoms. The molecule has 1 unspecified atom stereocenters. The van der Waals surface area contributed by atoms with Crippen molar-refractivity contribution >= 4 is 5.97 Å². The second-order valence-corrected chi connectivity index (χ2v) is 4.04. The maximum Gasteiger partial charge on any atom is 0.354 e. The van der Waals surface area contributed by atoms with E-state index in [1.165, 1.54) is 0 Å². The summed E-state index contributed by atoms with van der Waals surface area (Å²) in [5.41, 5.74) is -0.123. The number of hydrogen-bond donors (Lipinski definition) is 1. The summed E-state index contributed by atoms with van der Waals surface area (Å²) in [5.74, 6) is -1.75. The van der Waals surface area contributed by atoms with Crippen LogP contribution in [0.25, 0.3) is 0 Å². The number of hydrogen-bond acceptors (Lipinski definition) is 3. The molecule has 0 aromatic rings. The summed E-state index contributed by atoms with van der Waals surface area (Å²) in [6, 6.07) is 0. The van der Waals surface area contributed by atoms with Gasteiger partial charge >= 0.3 is 5.97 Å². The predicted molar refractivity (Wildman–Crippen MR) is 41.8 cm³/mol. The smallest absolute Gasteiger partial charge is 0.354 e. The van der Waals surface area contributed by atoms with Crippen molar-refractivity contribution in [1.82, 2.24) is 0 Å². The van der Waals surface area contributed by atoms with E-state index in [1.807, 2.05) is 20.8 Å². The van der Waals surface area contributed by atoms with E-state index >= 15 is 0 Å². The van der Waals surface area contributed by atoms with Crippen LogP contribution < -0.4 is 0 Å². The SMILES string of the molecule is CC(C)(C)CC(CO)C(=O)OF. The molecule has 0 radical (unpaired) electrons. The van der Waals surface area contributed by atoms with Crippen molar-refractivity contribution in [2.24, 2.45) is 11.3 Å². The first-order valence-electron chi connectivity index (χ1n) is 3.84. The molecule has 0 aliphatic rings. The zero-order valence-electron chi connectivity index (χ0n) is 7.63. The molecule has 0 aromatic heterocycles. The fraction of sp³-hybridized carbons (Fsp3) is 0.875. The molecule has 3 nitrogen and oxygen atoms in total. The van der Waals surface area contributed by atoms with Crippen molar-refractivity contribution < 1.29 is 19.4 Å². The molecule has 72 valence electrons. The molecule has 1 N–H and O–H groups in total. The summed E-state index contributed by atoms with van der Waals surface area (Å²) in [4.78, 5) is 13.7. The average molecular weight is 178 g/mol. The molecule has 0 amide bonds. The molecule has 0 aliphatic heterocycles. The number of carbonyl (C=O) groups excluding carboxylic acids is 1. The van der Waals surface area contributed by atoms with Gasteiger partial charge in [-0.1, -0.05) is 20.8 Å². The van der Waals surface area contributed by atoms with Crippen LogP contribution in [0.1, 0.15) is 27.2 Å². The van der Waals surface area contributed by atoms with Crippen LogP contribution in [0.4, 0.5) is 4.53 Å². The number of carbonyl (C=O) groups is 1. The van der Waals surface area contributed by atoms with Gasteiger partial charge < -0.3 is 5.11 Å². The summed E-state index contributed by atoms with van der Waals surface area (Å²) in [7, 11) is 0. The average Bonchev–Trinajstić information content (AvgIpc) is 1.97. The third kappa shape index (κ3) is 4.28. The monoisotopic (exact) mass is 178 g/mol. The molecular formula is C8H15FO3. The maximum atomic E-state index is 11.4. The zero-order valence-corrected chi connectivity index (χ0v) is 7.63. The lowest BCUT2D eigenvalue weighted by atomic mass is 9.85. The Morgan fingerprint density at radius 1 is 1.58 bits per heavy atom. The molecule has 0 aliphatic carbocycles. The zero-order chi connectivity index (χ0) is 9.78. The predicted octanol–water partition coefficient (Wildman–Crippen LogP) is 1.46. The fourth-order valence-electron chi connectivity index (χ4n) is 1.02. The Bertz CT molecular complexity index is 151. The second kappa shape index (κ2) is 4.40. The Balaban J connectivity index is 4.09. The van der Waals surface area contributed by atoms with Crippen molar-refractivity contribution in [1.29, 1.82) is 0 Å². The van der Waals surface area contributed by atoms with Crippen LogP contribution >= 0.6 is 0 Å². The van der Waals surface area contributed by atoms with Gasteiger partial charge in [-0.15, -0.1) is 0 Å². The van der Waals surface area contributed by atoms with Crippen LogP contribution in [-0.4, -0.2) is 17.7 Å². The molecule has 0 saturated heterocycles. The minimum absolute atomic E-state index is 0.123. The van der Waals surface area contributed by atoms with Gasteiger partial charge in [0, 0.05) is 4.53 Å². The number of rotatable bonds is 3. The Labute approximate surface area is 71.4 Å². The topological polar surface area (TPSA) is 46.5 Å². The van der Waals surface area contributed by atoms with Crippen molar-refractivity contribution in [2.75, 3.05) is 6.61 Å². The summed E-state index contributed by atoms with van der Waals surface area (Å²) < 4.78 is 11.4. The Kier molecular flexibility index (Phi) is 4.17. The van der Waals surface area contributed by atoms with Crippen molar-refractivity contribution in [3.05, 3.63) is 0 Å². The van der Waals surface area contributed by atoms with Gasteiger partial charge in [0.1, 0.15) is 0 Å². The third-order valence-corrected chi connectivity index (χ3v) is 1.49. The standard InChI is InChI=1S/C8H15FO3/c1-8(2,3)4-6(5-10)7(11)12-9/h6,10H,4-5H2,1-3H3. The first-order valence-corrected chi connectivity index (χ1v) is 3.84. The molecule has 12 heavy (non-hydrogen) atoms. The van der Waals surface area contributed by atoms with Crippen LogP contribution in [0.2, 0.25) is 0 Å². The number of aliphatic hydroxyl groups is 1. The van der Waals surface area contributed by atoms with Gasteiger partial charge in [0.05, 0.1) is 12.5 Å². The Hall–Kier alpha value is -0.640. The summed E-state index contributed by atoms with van der Waals surface area (Å²) in [6.07, 6.45) is 0.409. The van der Waals surface area contributed by atoms with Gasteiger partial charge in [-0.3, -0.25) is 4.94 Å². The highest BCUT2D eigenvalue weighted by atomic mass is 19.3. The summed E-state index contributed by atoms with van der Waals surface area (Å²) in [6.45, 7) is 5.34. The minimum atomic E-state index is -0.993. The number of halogens is 1. The fourth-order valence-corrected chi connectivity index (χ4v) is 1.02. The quantitative estimate of drug-likeness (QED) is 0.711. The first kappa shape index (κ1) is 11.4. The molecule has 0 bridgehead atoms. The molecule has 0 heterocycles. The molecule has 4 heteroatoms. The van der Waals surface area contributed by atoms with E-state index in [-0.39, 0.29) is 12.0 Å². The molecule has 0 aromatic carbocycles. The summed E-state index contributed by atoms with van der Waals surface area (Å²) in [5, 5.41) is 8.72. The van der Waals surface area contributed by atoms with E-state index < -0.39 is 11.9 Å². The molecule has 0 fully saturated rings. The Morgan fingerprint density at radius 3 is 2.33 bits per heavy atom. The first-order chi connectivity index (χ1) is 5.40. The molecular weight excluding hydrogens is 163 g/mol.